The summed E-state index contributed by atoms with van der Waals surface area (Å²) in [5, 5.41) is 0. The van der Waals surface area contributed by atoms with Crippen molar-refractivity contribution in [3.8, 4) is 0 Å². The first-order chi connectivity index (χ1) is 15.4. The Labute approximate surface area is 208 Å². The van der Waals surface area contributed by atoms with Gasteiger partial charge in [0, 0.05) is 0 Å². The zero-order valence-electron chi connectivity index (χ0n) is 23.5. The van der Waals surface area contributed by atoms with Crippen molar-refractivity contribution < 1.29 is 28.1 Å². The SMILES string of the molecule is C[C@@H]1C=C(B2OC(C)(C)C(C)(C)O2)C[C@H](C)O1.C[C@@H]1CC(B2OC(C)(C)C(C)(C)O2)=C[C@H](C)O1. The second kappa shape index (κ2) is 9.68. The fourth-order valence-corrected chi connectivity index (χ4v) is 4.65. The van der Waals surface area contributed by atoms with Crippen LogP contribution in [0.2, 0.25) is 0 Å². The third-order valence-corrected chi connectivity index (χ3v) is 7.95. The largest absolute Gasteiger partial charge is 0.490 e. The second-order valence-electron chi connectivity index (χ2n) is 12.4. The van der Waals surface area contributed by atoms with Gasteiger partial charge in [0.2, 0.25) is 0 Å². The highest BCUT2D eigenvalue weighted by Gasteiger charge is 2.53. The summed E-state index contributed by atoms with van der Waals surface area (Å²) in [5.74, 6) is 0. The maximum Gasteiger partial charge on any atom is 0.490 e. The molecule has 0 N–H and O–H groups in total. The lowest BCUT2D eigenvalue weighted by molar-refractivity contribution is 0.00578. The highest BCUT2D eigenvalue weighted by molar-refractivity contribution is 6.55. The van der Waals surface area contributed by atoms with Crippen LogP contribution >= 0.6 is 0 Å². The lowest BCUT2D eigenvalue weighted by Crippen LogP contribution is -2.41. The molecule has 0 saturated carbocycles. The average molecular weight is 476 g/mol. The predicted octanol–water partition coefficient (Wildman–Crippen LogP) is 5.48. The van der Waals surface area contributed by atoms with Gasteiger partial charge in [-0.25, -0.2) is 0 Å². The van der Waals surface area contributed by atoms with Crippen LogP contribution < -0.4 is 0 Å². The van der Waals surface area contributed by atoms with Gasteiger partial charge in [0.25, 0.3) is 0 Å². The molecule has 0 amide bonds. The summed E-state index contributed by atoms with van der Waals surface area (Å²) in [4.78, 5) is 0. The van der Waals surface area contributed by atoms with Crippen LogP contribution in [0.4, 0.5) is 0 Å². The minimum atomic E-state index is -0.261. The predicted molar refractivity (Wildman–Crippen MR) is 138 cm³/mol. The molecule has 2 fully saturated rings. The molecule has 4 atom stereocenters. The number of rotatable bonds is 2. The van der Waals surface area contributed by atoms with Gasteiger partial charge in [-0.1, -0.05) is 12.2 Å². The van der Waals surface area contributed by atoms with E-state index >= 15 is 0 Å². The van der Waals surface area contributed by atoms with E-state index in [9.17, 15) is 0 Å². The molecule has 0 spiro atoms. The van der Waals surface area contributed by atoms with Crippen LogP contribution in [0, 0.1) is 0 Å². The standard InChI is InChI=1S/2C13H23BO3/c2*1-9-7-11(8-10(2)15-9)14-16-12(3,4)13(5,6)17-14/h2*7,9-10H,8H2,1-6H3/t2*9-,10+/m10/s1. The van der Waals surface area contributed by atoms with Crippen LogP contribution in [-0.4, -0.2) is 61.1 Å². The molecule has 4 aliphatic rings. The first-order valence-corrected chi connectivity index (χ1v) is 12.9. The number of ether oxygens (including phenoxy) is 2. The van der Waals surface area contributed by atoms with Gasteiger partial charge in [-0.05, 0) is 107 Å². The molecule has 0 aromatic heterocycles. The molecule has 4 rings (SSSR count). The summed E-state index contributed by atoms with van der Waals surface area (Å²) in [6, 6.07) is 0. The highest BCUT2D eigenvalue weighted by Crippen LogP contribution is 2.41. The van der Waals surface area contributed by atoms with Crippen molar-refractivity contribution in [3.05, 3.63) is 23.1 Å². The molecule has 2 saturated heterocycles. The molecule has 0 aliphatic carbocycles. The Morgan fingerprint density at radius 3 is 1.06 bits per heavy atom. The summed E-state index contributed by atoms with van der Waals surface area (Å²) in [6.07, 6.45) is 6.81. The zero-order valence-corrected chi connectivity index (χ0v) is 23.5. The van der Waals surface area contributed by atoms with E-state index in [4.69, 9.17) is 28.1 Å². The van der Waals surface area contributed by atoms with Crippen LogP contribution in [0.25, 0.3) is 0 Å². The van der Waals surface area contributed by atoms with Crippen molar-refractivity contribution in [1.82, 2.24) is 0 Å². The summed E-state index contributed by atoms with van der Waals surface area (Å²) in [5.41, 5.74) is 1.39. The smallest absolute Gasteiger partial charge is 0.400 e. The van der Waals surface area contributed by atoms with Gasteiger partial charge in [0.05, 0.1) is 46.8 Å². The fourth-order valence-electron chi connectivity index (χ4n) is 4.65. The molecule has 4 aliphatic heterocycles. The average Bonchev–Trinajstić information content (AvgIpc) is 3.00. The molecular weight excluding hydrogens is 430 g/mol. The Morgan fingerprint density at radius 1 is 0.559 bits per heavy atom. The molecule has 4 heterocycles. The van der Waals surface area contributed by atoms with Crippen LogP contribution in [0.3, 0.4) is 0 Å². The Bertz CT molecular complexity index is 705. The number of hydrogen-bond acceptors (Lipinski definition) is 6. The third kappa shape index (κ3) is 6.01. The Balaban J connectivity index is 0.000000191. The summed E-state index contributed by atoms with van der Waals surface area (Å²) >= 11 is 0. The minimum absolute atomic E-state index is 0.146. The van der Waals surface area contributed by atoms with Crippen molar-refractivity contribution in [2.45, 2.75) is 143 Å². The molecule has 0 aromatic rings. The Morgan fingerprint density at radius 2 is 0.824 bits per heavy atom. The van der Waals surface area contributed by atoms with E-state index in [1.54, 1.807) is 0 Å². The van der Waals surface area contributed by atoms with Gasteiger partial charge < -0.3 is 28.1 Å². The zero-order chi connectivity index (χ0) is 25.7. The topological polar surface area (TPSA) is 55.4 Å². The molecule has 0 unspecified atom stereocenters. The van der Waals surface area contributed by atoms with Crippen LogP contribution in [0.15, 0.2) is 23.1 Å². The molecule has 8 heteroatoms. The van der Waals surface area contributed by atoms with Gasteiger partial charge in [-0.2, -0.15) is 0 Å². The van der Waals surface area contributed by atoms with Crippen molar-refractivity contribution >= 4 is 14.2 Å². The summed E-state index contributed by atoms with van der Waals surface area (Å²) < 4.78 is 35.6. The maximum atomic E-state index is 6.05. The van der Waals surface area contributed by atoms with E-state index in [0.29, 0.717) is 0 Å². The minimum Gasteiger partial charge on any atom is -0.400 e. The monoisotopic (exact) mass is 476 g/mol. The molecule has 0 aromatic carbocycles. The summed E-state index contributed by atoms with van der Waals surface area (Å²) in [7, 11) is -0.428. The molecule has 192 valence electrons. The molecule has 6 nitrogen and oxygen atoms in total. The van der Waals surface area contributed by atoms with E-state index in [0.717, 1.165) is 12.8 Å². The summed E-state index contributed by atoms with van der Waals surface area (Å²) in [6.45, 7) is 25.0. The van der Waals surface area contributed by atoms with Crippen LogP contribution in [0.5, 0.6) is 0 Å². The van der Waals surface area contributed by atoms with Gasteiger partial charge in [-0.15, -0.1) is 0 Å². The fraction of sp³-hybridized carbons (Fsp3) is 0.846. The lowest BCUT2D eigenvalue weighted by Gasteiger charge is -2.32. The van der Waals surface area contributed by atoms with Gasteiger partial charge in [-0.3, -0.25) is 0 Å². The number of hydrogen-bond donors (Lipinski definition) is 0. The van der Waals surface area contributed by atoms with Gasteiger partial charge >= 0.3 is 14.2 Å². The van der Waals surface area contributed by atoms with E-state index in [2.05, 4.69) is 95.2 Å². The first kappa shape index (κ1) is 27.9. The molecule has 0 radical (unpaired) electrons. The van der Waals surface area contributed by atoms with Crippen molar-refractivity contribution in [1.29, 1.82) is 0 Å². The first-order valence-electron chi connectivity index (χ1n) is 12.9. The van der Waals surface area contributed by atoms with Gasteiger partial charge in [0.1, 0.15) is 0 Å². The van der Waals surface area contributed by atoms with Crippen molar-refractivity contribution in [2.75, 3.05) is 0 Å². The van der Waals surface area contributed by atoms with Crippen LogP contribution in [-0.2, 0) is 28.1 Å². The second-order valence-corrected chi connectivity index (χ2v) is 12.4. The van der Waals surface area contributed by atoms with E-state index < -0.39 is 0 Å². The van der Waals surface area contributed by atoms with Crippen LogP contribution in [0.1, 0.15) is 95.9 Å². The normalized spacial score (nSPS) is 35.9. The van der Waals surface area contributed by atoms with Gasteiger partial charge in [0.15, 0.2) is 0 Å². The van der Waals surface area contributed by atoms with Crippen molar-refractivity contribution in [2.24, 2.45) is 0 Å². The Hall–Kier alpha value is -0.630. The molecule has 0 bridgehead atoms. The maximum absolute atomic E-state index is 6.05. The third-order valence-electron chi connectivity index (χ3n) is 7.95. The lowest BCUT2D eigenvalue weighted by atomic mass is 9.73. The van der Waals surface area contributed by atoms with E-state index in [-0.39, 0.29) is 61.1 Å². The van der Waals surface area contributed by atoms with E-state index in [1.165, 1.54) is 10.9 Å². The molecular formula is C26H46B2O6. The van der Waals surface area contributed by atoms with E-state index in [1.807, 2.05) is 0 Å². The highest BCUT2D eigenvalue weighted by atomic mass is 16.7. The quantitative estimate of drug-likeness (QED) is 0.492. The molecule has 34 heavy (non-hydrogen) atoms. The Kier molecular flexibility index (Phi) is 7.96. The van der Waals surface area contributed by atoms with Crippen molar-refractivity contribution in [3.63, 3.8) is 0 Å².